The summed E-state index contributed by atoms with van der Waals surface area (Å²) in [6.07, 6.45) is 18.7. The molecule has 0 amide bonds. The van der Waals surface area contributed by atoms with Crippen LogP contribution < -0.4 is 24.8 Å². The van der Waals surface area contributed by atoms with Crippen LogP contribution in [0.25, 0.3) is 0 Å². The molecule has 0 aromatic rings. The Balaban J connectivity index is 0. The second kappa shape index (κ2) is 11.2. The summed E-state index contributed by atoms with van der Waals surface area (Å²) in [6, 6.07) is 4.55. The molecule has 1 aliphatic heterocycles. The Hall–Kier alpha value is 0.640. The molecule has 0 N–H and O–H groups in total. The Kier molecular flexibility index (Phi) is 12.9. The van der Waals surface area contributed by atoms with Gasteiger partial charge in [0.2, 0.25) is 0 Å². The van der Waals surface area contributed by atoms with E-state index >= 15 is 0 Å². The van der Waals surface area contributed by atoms with E-state index in [1.165, 1.54) is 24.5 Å². The molecule has 0 saturated carbocycles. The Morgan fingerprint density at radius 1 is 1.25 bits per heavy atom. The van der Waals surface area contributed by atoms with Gasteiger partial charge < -0.3 is 24.8 Å². The van der Waals surface area contributed by atoms with E-state index in [1.807, 2.05) is 12.2 Å². The molecule has 1 saturated heterocycles. The van der Waals surface area contributed by atoms with Crippen molar-refractivity contribution in [3.63, 3.8) is 0 Å². The number of hydrogen-bond acceptors (Lipinski definition) is 0. The van der Waals surface area contributed by atoms with Crippen LogP contribution in [0, 0.1) is 12.2 Å². The topological polar surface area (TPSA) is 0 Å². The zero-order chi connectivity index (χ0) is 12.1. The van der Waals surface area contributed by atoms with E-state index in [0.29, 0.717) is 0 Å². The third-order valence-electron chi connectivity index (χ3n) is 4.17. The molecule has 0 radical (unpaired) electrons. The molecule has 1 fully saturated rings. The molecule has 1 heterocycles. The standard InChI is InChI=1S/C11H17Si.C5H5.2ClH.Zr/c1-3-12(7-4-8-12)11-6-5-10(2)9-11;1-2-4-5-3-1;;;/h5H,3-4,6-8H2,1-2H3;1-3H,4H2;2*1H;/q2*-1;;;+4/p-2. The predicted octanol–water partition coefficient (Wildman–Crippen LogP) is -1.21. The summed E-state index contributed by atoms with van der Waals surface area (Å²) in [5.41, 5.74) is 1.39. The quantitative estimate of drug-likeness (QED) is 0.400. The van der Waals surface area contributed by atoms with E-state index in [1.54, 1.807) is 17.3 Å². The maximum Gasteiger partial charge on any atom is 4.00 e. The van der Waals surface area contributed by atoms with Crippen molar-refractivity contribution in [3.05, 3.63) is 47.2 Å². The average molecular weight is 405 g/mol. The van der Waals surface area contributed by atoms with Gasteiger partial charge in [-0.25, -0.2) is 23.8 Å². The Labute approximate surface area is 156 Å². The molecule has 0 atom stereocenters. The van der Waals surface area contributed by atoms with Crippen LogP contribution in [0.1, 0.15) is 33.1 Å². The van der Waals surface area contributed by atoms with Gasteiger partial charge in [-0.2, -0.15) is 11.3 Å². The zero-order valence-corrected chi connectivity index (χ0v) is 17.3. The van der Waals surface area contributed by atoms with Gasteiger partial charge in [0.1, 0.15) is 0 Å². The van der Waals surface area contributed by atoms with E-state index in [-0.39, 0.29) is 51.0 Å². The maximum absolute atomic E-state index is 3.59. The summed E-state index contributed by atoms with van der Waals surface area (Å²) in [5, 5.41) is 1.73. The van der Waals surface area contributed by atoms with Gasteiger partial charge in [-0.1, -0.05) is 38.4 Å². The molecule has 0 aromatic heterocycles. The minimum Gasteiger partial charge on any atom is -1.00 e. The zero-order valence-electron chi connectivity index (χ0n) is 12.3. The van der Waals surface area contributed by atoms with Crippen LogP contribution in [-0.2, 0) is 26.2 Å². The average Bonchev–Trinajstić information content (AvgIpc) is 2.91. The van der Waals surface area contributed by atoms with Gasteiger partial charge in [-0.3, -0.25) is 12.2 Å². The van der Waals surface area contributed by atoms with Gasteiger partial charge in [0.15, 0.2) is 0 Å². The summed E-state index contributed by atoms with van der Waals surface area (Å²) in [7, 11) is -0.872. The SMILES string of the molecule is CC[Si]1(C2=[C-]C(C)=CC2)CCC1.[C-]1=CC=CC1.[Cl-].[Cl-].[Zr+4]. The minimum absolute atomic E-state index is 0. The van der Waals surface area contributed by atoms with Crippen molar-refractivity contribution in [3.8, 4) is 0 Å². The number of rotatable bonds is 2. The smallest absolute Gasteiger partial charge is 1.00 e. The first-order valence-electron chi connectivity index (χ1n) is 6.79. The molecule has 0 nitrogen and oxygen atoms in total. The number of hydrogen-bond donors (Lipinski definition) is 0. The normalized spacial score (nSPS) is 20.1. The van der Waals surface area contributed by atoms with Crippen molar-refractivity contribution in [2.45, 2.75) is 51.2 Å². The second-order valence-corrected chi connectivity index (χ2v) is 10.1. The molecule has 108 valence electrons. The Morgan fingerprint density at radius 2 is 1.95 bits per heavy atom. The van der Waals surface area contributed by atoms with E-state index in [2.05, 4.69) is 38.2 Å². The molecule has 0 spiro atoms. The molecule has 2 aliphatic carbocycles. The van der Waals surface area contributed by atoms with Crippen molar-refractivity contribution in [2.24, 2.45) is 0 Å². The van der Waals surface area contributed by atoms with Crippen LogP contribution in [0.2, 0.25) is 18.1 Å². The van der Waals surface area contributed by atoms with Crippen LogP contribution >= 0.6 is 0 Å². The maximum atomic E-state index is 3.59. The summed E-state index contributed by atoms with van der Waals surface area (Å²) in [6.45, 7) is 4.57. The fourth-order valence-corrected chi connectivity index (χ4v) is 6.70. The van der Waals surface area contributed by atoms with Crippen LogP contribution in [0.5, 0.6) is 0 Å². The van der Waals surface area contributed by atoms with E-state index < -0.39 is 8.07 Å². The van der Waals surface area contributed by atoms with E-state index in [4.69, 9.17) is 0 Å². The molecule has 3 aliphatic rings. The second-order valence-electron chi connectivity index (χ2n) is 5.19. The summed E-state index contributed by atoms with van der Waals surface area (Å²) >= 11 is 0. The van der Waals surface area contributed by atoms with E-state index in [0.717, 1.165) is 6.42 Å². The molecular weight excluding hydrogens is 382 g/mol. The van der Waals surface area contributed by atoms with Crippen molar-refractivity contribution >= 4 is 8.07 Å². The monoisotopic (exact) mass is 402 g/mol. The summed E-state index contributed by atoms with van der Waals surface area (Å²) in [4.78, 5) is 0. The van der Waals surface area contributed by atoms with Crippen LogP contribution in [-0.4, -0.2) is 8.07 Å². The first kappa shape index (κ1) is 22.9. The summed E-state index contributed by atoms with van der Waals surface area (Å²) < 4.78 is 0. The third kappa shape index (κ3) is 5.79. The predicted molar refractivity (Wildman–Crippen MR) is 77.2 cm³/mol. The molecule has 0 bridgehead atoms. The Morgan fingerprint density at radius 3 is 2.20 bits per heavy atom. The fourth-order valence-electron chi connectivity index (χ4n) is 2.76. The van der Waals surface area contributed by atoms with Gasteiger partial charge in [0, 0.05) is 0 Å². The minimum atomic E-state index is -0.872. The van der Waals surface area contributed by atoms with Crippen LogP contribution in [0.15, 0.2) is 35.1 Å². The summed E-state index contributed by atoms with van der Waals surface area (Å²) in [5.74, 6) is 0. The van der Waals surface area contributed by atoms with Gasteiger partial charge in [0.05, 0.1) is 8.07 Å². The molecule has 0 aromatic carbocycles. The molecular formula is C16H22Cl2SiZr. The first-order valence-corrected chi connectivity index (χ1v) is 9.41. The van der Waals surface area contributed by atoms with Crippen molar-refractivity contribution in [1.82, 2.24) is 0 Å². The first-order chi connectivity index (χ1) is 8.27. The van der Waals surface area contributed by atoms with Gasteiger partial charge in [0.25, 0.3) is 0 Å². The fraction of sp³-hybridized carbons (Fsp3) is 0.500. The van der Waals surface area contributed by atoms with Crippen molar-refractivity contribution in [1.29, 1.82) is 0 Å². The number of allylic oxidation sites excluding steroid dienone is 8. The van der Waals surface area contributed by atoms with Gasteiger partial charge in [-0.05, 0) is 0 Å². The van der Waals surface area contributed by atoms with E-state index in [9.17, 15) is 0 Å². The molecule has 0 unspecified atom stereocenters. The van der Waals surface area contributed by atoms with Crippen LogP contribution in [0.4, 0.5) is 0 Å². The van der Waals surface area contributed by atoms with Crippen molar-refractivity contribution < 1.29 is 51.0 Å². The van der Waals surface area contributed by atoms with Gasteiger partial charge in [-0.15, -0.1) is 12.8 Å². The van der Waals surface area contributed by atoms with Crippen LogP contribution in [0.3, 0.4) is 0 Å². The third-order valence-corrected chi connectivity index (χ3v) is 9.76. The van der Waals surface area contributed by atoms with Gasteiger partial charge >= 0.3 is 26.2 Å². The molecule has 4 heteroatoms. The molecule has 20 heavy (non-hydrogen) atoms. The largest absolute Gasteiger partial charge is 4.00 e. The van der Waals surface area contributed by atoms with Crippen molar-refractivity contribution in [2.75, 3.05) is 0 Å². The Bertz CT molecular complexity index is 378. The number of halogens is 2. The molecule has 3 rings (SSSR count).